The quantitative estimate of drug-likeness (QED) is 0.182. The van der Waals surface area contributed by atoms with Crippen molar-refractivity contribution in [2.24, 2.45) is 0 Å². The maximum absolute atomic E-state index is 4.90. The van der Waals surface area contributed by atoms with E-state index >= 15 is 0 Å². The fraction of sp³-hybridized carbons (Fsp3) is 0. The molecule has 1 heterocycles. The minimum Gasteiger partial charge on any atom is -0.208 e. The lowest BCUT2D eigenvalue weighted by atomic mass is 9.90. The van der Waals surface area contributed by atoms with Crippen molar-refractivity contribution < 1.29 is 0 Å². The molecule has 0 aliphatic heterocycles. The summed E-state index contributed by atoms with van der Waals surface area (Å²) in [6, 6.07) is 61.8. The third-order valence-corrected chi connectivity index (χ3v) is 9.10. The number of hydrogen-bond acceptors (Lipinski definition) is 3. The van der Waals surface area contributed by atoms with Gasteiger partial charge in [-0.3, -0.25) is 0 Å². The van der Waals surface area contributed by atoms with Crippen LogP contribution >= 0.6 is 0 Å². The van der Waals surface area contributed by atoms with Crippen LogP contribution in [0.15, 0.2) is 176 Å². The molecule has 224 valence electrons. The molecule has 0 saturated carbocycles. The van der Waals surface area contributed by atoms with Crippen molar-refractivity contribution in [3.8, 4) is 56.4 Å². The molecule has 0 amide bonds. The number of rotatable bonds is 5. The lowest BCUT2D eigenvalue weighted by Crippen LogP contribution is -2.00. The van der Waals surface area contributed by atoms with E-state index in [1.54, 1.807) is 0 Å². The van der Waals surface area contributed by atoms with E-state index in [0.29, 0.717) is 17.5 Å². The normalized spacial score (nSPS) is 11.3. The summed E-state index contributed by atoms with van der Waals surface area (Å²) in [7, 11) is 0. The zero-order chi connectivity index (χ0) is 31.9. The van der Waals surface area contributed by atoms with Crippen LogP contribution in [0.25, 0.3) is 88.7 Å². The molecule has 48 heavy (non-hydrogen) atoms. The van der Waals surface area contributed by atoms with E-state index in [-0.39, 0.29) is 0 Å². The number of nitrogens with zero attached hydrogens (tertiary/aromatic N) is 3. The second kappa shape index (κ2) is 11.7. The van der Waals surface area contributed by atoms with Gasteiger partial charge in [0.2, 0.25) is 0 Å². The Hall–Kier alpha value is -6.45. The Balaban J connectivity index is 1.13. The average molecular weight is 612 g/mol. The third-order valence-electron chi connectivity index (χ3n) is 9.10. The molecule has 0 saturated heterocycles. The van der Waals surface area contributed by atoms with Crippen molar-refractivity contribution in [3.05, 3.63) is 176 Å². The van der Waals surface area contributed by atoms with Gasteiger partial charge in [0.25, 0.3) is 0 Å². The summed E-state index contributed by atoms with van der Waals surface area (Å²) in [6.45, 7) is 0. The molecule has 3 nitrogen and oxygen atoms in total. The van der Waals surface area contributed by atoms with Crippen LogP contribution in [0.1, 0.15) is 0 Å². The van der Waals surface area contributed by atoms with Gasteiger partial charge < -0.3 is 0 Å². The van der Waals surface area contributed by atoms with Gasteiger partial charge in [-0.15, -0.1) is 0 Å². The number of hydrogen-bond donors (Lipinski definition) is 0. The highest BCUT2D eigenvalue weighted by Gasteiger charge is 2.14. The van der Waals surface area contributed by atoms with Gasteiger partial charge in [-0.05, 0) is 60.6 Å². The van der Waals surface area contributed by atoms with Crippen LogP contribution in [0.5, 0.6) is 0 Å². The van der Waals surface area contributed by atoms with Crippen molar-refractivity contribution in [1.29, 1.82) is 0 Å². The van der Waals surface area contributed by atoms with Gasteiger partial charge in [0.05, 0.1) is 0 Å². The molecule has 0 atom stereocenters. The van der Waals surface area contributed by atoms with Gasteiger partial charge in [0.1, 0.15) is 0 Å². The second-order valence-electron chi connectivity index (χ2n) is 12.1. The van der Waals surface area contributed by atoms with Crippen molar-refractivity contribution in [2.75, 3.05) is 0 Å². The maximum atomic E-state index is 4.90. The summed E-state index contributed by atoms with van der Waals surface area (Å²) in [5, 5.41) is 7.57. The van der Waals surface area contributed by atoms with Crippen molar-refractivity contribution in [2.45, 2.75) is 0 Å². The molecule has 0 spiro atoms. The number of benzene rings is 8. The van der Waals surface area contributed by atoms with Crippen LogP contribution in [0.2, 0.25) is 0 Å². The Morgan fingerprint density at radius 2 is 0.729 bits per heavy atom. The molecular weight excluding hydrogens is 583 g/mol. The first-order valence-corrected chi connectivity index (χ1v) is 16.2. The van der Waals surface area contributed by atoms with Gasteiger partial charge in [0, 0.05) is 16.7 Å². The second-order valence-corrected chi connectivity index (χ2v) is 12.1. The standard InChI is InChI=1S/C45H29N3/c1-4-11-31(12-5-1)39-18-10-17-32-21-22-33-23-26-38-29-37(27-28-40(38)42(33)41(32)39)30-19-24-36(25-20-30)45-47-43(34-13-6-2-7-14-34)46-44(48-45)35-15-8-3-9-16-35/h1-29H. The monoisotopic (exact) mass is 611 g/mol. The smallest absolute Gasteiger partial charge is 0.164 e. The van der Waals surface area contributed by atoms with E-state index in [1.807, 2.05) is 60.7 Å². The minimum atomic E-state index is 0.653. The number of aromatic nitrogens is 3. The molecular formula is C45H29N3. The highest BCUT2D eigenvalue weighted by Crippen LogP contribution is 2.39. The Morgan fingerprint density at radius 3 is 1.31 bits per heavy atom. The van der Waals surface area contributed by atoms with Gasteiger partial charge in [-0.2, -0.15) is 0 Å². The molecule has 9 rings (SSSR count). The first-order chi connectivity index (χ1) is 23.8. The first-order valence-electron chi connectivity index (χ1n) is 16.2. The molecule has 9 aromatic rings. The van der Waals surface area contributed by atoms with Crippen molar-refractivity contribution in [3.63, 3.8) is 0 Å². The lowest BCUT2D eigenvalue weighted by molar-refractivity contribution is 1.07. The van der Waals surface area contributed by atoms with Crippen LogP contribution in [-0.4, -0.2) is 15.0 Å². The zero-order valence-corrected chi connectivity index (χ0v) is 26.1. The molecule has 0 N–H and O–H groups in total. The van der Waals surface area contributed by atoms with Gasteiger partial charge >= 0.3 is 0 Å². The largest absolute Gasteiger partial charge is 0.208 e. The van der Waals surface area contributed by atoms with Crippen LogP contribution < -0.4 is 0 Å². The van der Waals surface area contributed by atoms with Gasteiger partial charge in [-0.25, -0.2) is 15.0 Å². The predicted molar refractivity (Wildman–Crippen MR) is 200 cm³/mol. The highest BCUT2D eigenvalue weighted by atomic mass is 15.0. The van der Waals surface area contributed by atoms with Crippen LogP contribution in [0.3, 0.4) is 0 Å². The fourth-order valence-electron chi connectivity index (χ4n) is 6.72. The summed E-state index contributed by atoms with van der Waals surface area (Å²) in [5.74, 6) is 1.97. The van der Waals surface area contributed by atoms with E-state index in [2.05, 4.69) is 115 Å². The summed E-state index contributed by atoms with van der Waals surface area (Å²) in [5.41, 5.74) is 7.67. The van der Waals surface area contributed by atoms with Crippen molar-refractivity contribution >= 4 is 32.3 Å². The molecule has 0 bridgehead atoms. The summed E-state index contributed by atoms with van der Waals surface area (Å²) < 4.78 is 0. The topological polar surface area (TPSA) is 38.7 Å². The molecule has 1 aromatic heterocycles. The fourth-order valence-corrected chi connectivity index (χ4v) is 6.72. The Kier molecular flexibility index (Phi) is 6.80. The molecule has 0 aliphatic carbocycles. The molecule has 0 aliphatic rings. The predicted octanol–water partition coefficient (Wildman–Crippen LogP) is 11.7. The summed E-state index contributed by atoms with van der Waals surface area (Å²) in [6.07, 6.45) is 0. The van der Waals surface area contributed by atoms with Crippen LogP contribution in [-0.2, 0) is 0 Å². The van der Waals surface area contributed by atoms with E-state index in [0.717, 1.165) is 22.3 Å². The number of fused-ring (bicyclic) bond motifs is 5. The van der Waals surface area contributed by atoms with E-state index in [1.165, 1.54) is 49.0 Å². The zero-order valence-electron chi connectivity index (χ0n) is 26.1. The lowest BCUT2D eigenvalue weighted by Gasteiger charge is -2.14. The van der Waals surface area contributed by atoms with E-state index < -0.39 is 0 Å². The molecule has 0 unspecified atom stereocenters. The maximum Gasteiger partial charge on any atom is 0.164 e. The third kappa shape index (κ3) is 4.99. The first kappa shape index (κ1) is 27.8. The molecule has 8 aromatic carbocycles. The minimum absolute atomic E-state index is 0.653. The molecule has 0 radical (unpaired) electrons. The summed E-state index contributed by atoms with van der Waals surface area (Å²) >= 11 is 0. The van der Waals surface area contributed by atoms with Crippen LogP contribution in [0.4, 0.5) is 0 Å². The van der Waals surface area contributed by atoms with E-state index in [9.17, 15) is 0 Å². The Morgan fingerprint density at radius 1 is 0.271 bits per heavy atom. The SMILES string of the molecule is c1ccc(-c2nc(-c3ccccc3)nc(-c3ccc(-c4ccc5c(ccc6ccc7cccc(-c8ccccc8)c7c65)c4)cc3)n2)cc1. The highest BCUT2D eigenvalue weighted by molar-refractivity contribution is 6.24. The van der Waals surface area contributed by atoms with Gasteiger partial charge in [0.15, 0.2) is 17.5 Å². The van der Waals surface area contributed by atoms with Gasteiger partial charge in [-0.1, -0.05) is 170 Å². The van der Waals surface area contributed by atoms with Crippen molar-refractivity contribution in [1.82, 2.24) is 15.0 Å². The Bertz CT molecular complexity index is 2520. The Labute approximate surface area is 278 Å². The van der Waals surface area contributed by atoms with E-state index in [4.69, 9.17) is 15.0 Å². The average Bonchev–Trinajstić information content (AvgIpc) is 3.18. The van der Waals surface area contributed by atoms with Crippen LogP contribution in [0, 0.1) is 0 Å². The molecule has 3 heteroatoms. The summed E-state index contributed by atoms with van der Waals surface area (Å²) in [4.78, 5) is 14.6. The molecule has 0 fully saturated rings.